The molecule has 4 heteroatoms. The summed E-state index contributed by atoms with van der Waals surface area (Å²) in [6, 6.07) is 6.45. The van der Waals surface area contributed by atoms with Gasteiger partial charge in [0.2, 0.25) is 0 Å². The van der Waals surface area contributed by atoms with Crippen molar-refractivity contribution in [3.05, 3.63) is 39.9 Å². The van der Waals surface area contributed by atoms with Crippen molar-refractivity contribution in [1.29, 1.82) is 0 Å². The molecular weight excluding hydrogens is 170 g/mol. The molecule has 0 bridgehead atoms. The molecule has 0 unspecified atom stereocenters. The summed E-state index contributed by atoms with van der Waals surface area (Å²) in [6.45, 7) is 1.85. The molecular formula is C9H11NO3. The third-order valence-corrected chi connectivity index (χ3v) is 1.90. The van der Waals surface area contributed by atoms with Crippen molar-refractivity contribution in [3.63, 3.8) is 0 Å². The third-order valence-electron chi connectivity index (χ3n) is 1.90. The van der Waals surface area contributed by atoms with Gasteiger partial charge in [-0.3, -0.25) is 10.1 Å². The van der Waals surface area contributed by atoms with Gasteiger partial charge < -0.3 is 4.74 Å². The van der Waals surface area contributed by atoms with Crippen LogP contribution in [0.15, 0.2) is 24.3 Å². The van der Waals surface area contributed by atoms with Gasteiger partial charge in [-0.05, 0) is 12.5 Å². The second-order valence-electron chi connectivity index (χ2n) is 2.73. The Labute approximate surface area is 76.3 Å². The van der Waals surface area contributed by atoms with Gasteiger partial charge in [-0.25, -0.2) is 0 Å². The van der Waals surface area contributed by atoms with E-state index in [1.165, 1.54) is 12.1 Å². The molecule has 70 valence electrons. The number of hydrogen-bond acceptors (Lipinski definition) is 3. The number of hydrogen-bond donors (Lipinski definition) is 0. The Balaban J connectivity index is 2.98. The Morgan fingerprint density at radius 2 is 2.23 bits per heavy atom. The molecule has 1 rings (SSSR count). The highest BCUT2D eigenvalue weighted by atomic mass is 16.6. The zero-order valence-corrected chi connectivity index (χ0v) is 7.56. The first kappa shape index (κ1) is 9.67. The van der Waals surface area contributed by atoms with Crippen LogP contribution in [0.25, 0.3) is 0 Å². The Kier molecular flexibility index (Phi) is 2.97. The van der Waals surface area contributed by atoms with Crippen LogP contribution in [0, 0.1) is 10.1 Å². The Bertz CT molecular complexity index is 311. The maximum atomic E-state index is 10.4. The van der Waals surface area contributed by atoms with E-state index >= 15 is 0 Å². The zero-order chi connectivity index (χ0) is 9.84. The fourth-order valence-electron chi connectivity index (χ4n) is 1.03. The van der Waals surface area contributed by atoms with Crippen LogP contribution in [-0.2, 0) is 4.74 Å². The molecule has 0 spiro atoms. The van der Waals surface area contributed by atoms with Gasteiger partial charge in [-0.1, -0.05) is 12.1 Å². The van der Waals surface area contributed by atoms with Crippen LogP contribution >= 0.6 is 0 Å². The van der Waals surface area contributed by atoms with E-state index in [4.69, 9.17) is 4.74 Å². The van der Waals surface area contributed by atoms with E-state index in [0.29, 0.717) is 0 Å². The predicted octanol–water partition coefficient (Wildman–Crippen LogP) is 2.30. The molecule has 0 saturated heterocycles. The average molecular weight is 181 g/mol. The highest BCUT2D eigenvalue weighted by Crippen LogP contribution is 2.20. The van der Waals surface area contributed by atoms with Crippen molar-refractivity contribution in [1.82, 2.24) is 0 Å². The van der Waals surface area contributed by atoms with Crippen molar-refractivity contribution >= 4 is 5.69 Å². The molecule has 0 aromatic heterocycles. The molecule has 0 saturated carbocycles. The maximum Gasteiger partial charge on any atom is 0.269 e. The van der Waals surface area contributed by atoms with E-state index in [1.54, 1.807) is 19.2 Å². The van der Waals surface area contributed by atoms with E-state index in [2.05, 4.69) is 0 Å². The number of nitrogens with zero attached hydrogens (tertiary/aromatic N) is 1. The highest BCUT2D eigenvalue weighted by Gasteiger charge is 2.09. The summed E-state index contributed by atoms with van der Waals surface area (Å²) in [7, 11) is 1.57. The normalized spacial score (nSPS) is 12.5. The Morgan fingerprint density at radius 3 is 2.77 bits per heavy atom. The van der Waals surface area contributed by atoms with E-state index in [-0.39, 0.29) is 11.8 Å². The molecule has 1 aromatic carbocycles. The highest BCUT2D eigenvalue weighted by molar-refractivity contribution is 5.35. The van der Waals surface area contributed by atoms with Crippen molar-refractivity contribution in [2.75, 3.05) is 7.11 Å². The van der Waals surface area contributed by atoms with Crippen LogP contribution in [0.3, 0.4) is 0 Å². The van der Waals surface area contributed by atoms with Crippen LogP contribution in [0.2, 0.25) is 0 Å². The smallest absolute Gasteiger partial charge is 0.269 e. The number of nitro benzene ring substituents is 1. The van der Waals surface area contributed by atoms with Gasteiger partial charge in [0.05, 0.1) is 11.0 Å². The number of methoxy groups -OCH3 is 1. The quantitative estimate of drug-likeness (QED) is 0.531. The van der Waals surface area contributed by atoms with Gasteiger partial charge in [-0.2, -0.15) is 0 Å². The summed E-state index contributed by atoms with van der Waals surface area (Å²) >= 11 is 0. The van der Waals surface area contributed by atoms with Crippen LogP contribution in [0.5, 0.6) is 0 Å². The van der Waals surface area contributed by atoms with E-state index in [9.17, 15) is 10.1 Å². The van der Waals surface area contributed by atoms with Gasteiger partial charge in [0.25, 0.3) is 5.69 Å². The summed E-state index contributed by atoms with van der Waals surface area (Å²) in [5.41, 5.74) is 0.915. The average Bonchev–Trinajstić information content (AvgIpc) is 2.17. The lowest BCUT2D eigenvalue weighted by molar-refractivity contribution is -0.385. The Morgan fingerprint density at radius 1 is 1.54 bits per heavy atom. The lowest BCUT2D eigenvalue weighted by Gasteiger charge is -2.08. The van der Waals surface area contributed by atoms with Gasteiger partial charge >= 0.3 is 0 Å². The first-order valence-corrected chi connectivity index (χ1v) is 3.92. The van der Waals surface area contributed by atoms with Crippen LogP contribution in [0.4, 0.5) is 5.69 Å². The fourth-order valence-corrected chi connectivity index (χ4v) is 1.03. The zero-order valence-electron chi connectivity index (χ0n) is 7.56. The number of ether oxygens (including phenoxy) is 1. The van der Waals surface area contributed by atoms with E-state index < -0.39 is 4.92 Å². The molecule has 0 heterocycles. The van der Waals surface area contributed by atoms with Crippen molar-refractivity contribution in [2.24, 2.45) is 0 Å². The Hall–Kier alpha value is -1.42. The van der Waals surface area contributed by atoms with Crippen molar-refractivity contribution < 1.29 is 9.66 Å². The minimum absolute atomic E-state index is 0.0985. The van der Waals surface area contributed by atoms with Gasteiger partial charge in [0.15, 0.2) is 0 Å². The lowest BCUT2D eigenvalue weighted by Crippen LogP contribution is -1.96. The summed E-state index contributed by atoms with van der Waals surface area (Å²) < 4.78 is 5.05. The molecule has 13 heavy (non-hydrogen) atoms. The molecule has 0 radical (unpaired) electrons. The third kappa shape index (κ3) is 2.26. The second kappa shape index (κ2) is 4.00. The van der Waals surface area contributed by atoms with Gasteiger partial charge in [0.1, 0.15) is 0 Å². The molecule has 1 atom stereocenters. The molecule has 0 aliphatic heterocycles. The molecule has 0 amide bonds. The molecule has 4 nitrogen and oxygen atoms in total. The minimum atomic E-state index is -0.411. The summed E-state index contributed by atoms with van der Waals surface area (Å²) in [4.78, 5) is 10.0. The number of rotatable bonds is 3. The molecule has 0 aliphatic carbocycles. The van der Waals surface area contributed by atoms with Gasteiger partial charge in [-0.15, -0.1) is 0 Å². The largest absolute Gasteiger partial charge is 0.377 e. The van der Waals surface area contributed by atoms with Crippen LogP contribution < -0.4 is 0 Å². The predicted molar refractivity (Wildman–Crippen MR) is 48.5 cm³/mol. The standard InChI is InChI=1S/C9H11NO3/c1-7(13-2)8-4-3-5-9(6-8)10(11)12/h3-7H,1-2H3/t7-/m1/s1. The first-order chi connectivity index (χ1) is 6.15. The number of nitro groups is 1. The van der Waals surface area contributed by atoms with Crippen LogP contribution in [0.1, 0.15) is 18.6 Å². The summed E-state index contributed by atoms with van der Waals surface area (Å²) in [6.07, 6.45) is -0.111. The number of benzene rings is 1. The topological polar surface area (TPSA) is 52.4 Å². The van der Waals surface area contributed by atoms with E-state index in [1.807, 2.05) is 6.92 Å². The molecule has 0 aliphatic rings. The monoisotopic (exact) mass is 181 g/mol. The molecule has 0 fully saturated rings. The van der Waals surface area contributed by atoms with E-state index in [0.717, 1.165) is 5.56 Å². The minimum Gasteiger partial charge on any atom is -0.377 e. The first-order valence-electron chi connectivity index (χ1n) is 3.92. The van der Waals surface area contributed by atoms with Crippen molar-refractivity contribution in [2.45, 2.75) is 13.0 Å². The second-order valence-corrected chi connectivity index (χ2v) is 2.73. The summed E-state index contributed by atoms with van der Waals surface area (Å²) in [5.74, 6) is 0. The van der Waals surface area contributed by atoms with Gasteiger partial charge in [0, 0.05) is 19.2 Å². The van der Waals surface area contributed by atoms with Crippen molar-refractivity contribution in [3.8, 4) is 0 Å². The fraction of sp³-hybridized carbons (Fsp3) is 0.333. The van der Waals surface area contributed by atoms with Crippen LogP contribution in [-0.4, -0.2) is 12.0 Å². The lowest BCUT2D eigenvalue weighted by atomic mass is 10.1. The molecule has 1 aromatic rings. The SMILES string of the molecule is CO[C@H](C)c1cccc([N+](=O)[O-])c1. The molecule has 0 N–H and O–H groups in total. The number of non-ortho nitro benzene ring substituents is 1. The maximum absolute atomic E-state index is 10.4. The summed E-state index contributed by atoms with van der Waals surface area (Å²) in [5, 5.41) is 10.4.